The molecule has 2 aromatic rings. The number of carbonyl (C=O) groups is 1. The first kappa shape index (κ1) is 14.9. The Balaban J connectivity index is 2.68. The number of pyridine rings is 1. The number of amides is 1. The van der Waals surface area contributed by atoms with E-state index in [1.54, 1.807) is 19.3 Å². The van der Waals surface area contributed by atoms with Gasteiger partial charge in [-0.05, 0) is 40.4 Å². The zero-order valence-electron chi connectivity index (χ0n) is 11.5. The number of hydrogen-bond acceptors (Lipinski definition) is 2. The predicted octanol–water partition coefficient (Wildman–Crippen LogP) is 4.07. The topological polar surface area (TPSA) is 33.2 Å². The summed E-state index contributed by atoms with van der Waals surface area (Å²) in [5, 5.41) is 0.887. The SMILES string of the molecule is CCCCc1c(N(C)C=O)cnc2cc(F)c(Br)cc12. The minimum absolute atomic E-state index is 0.331. The van der Waals surface area contributed by atoms with Crippen LogP contribution in [0.3, 0.4) is 0 Å². The van der Waals surface area contributed by atoms with Crippen molar-refractivity contribution >= 4 is 38.9 Å². The average Bonchev–Trinajstić information content (AvgIpc) is 2.45. The maximum absolute atomic E-state index is 13.6. The molecule has 1 aromatic carbocycles. The van der Waals surface area contributed by atoms with E-state index < -0.39 is 0 Å². The lowest BCUT2D eigenvalue weighted by Gasteiger charge is -2.18. The van der Waals surface area contributed by atoms with Gasteiger partial charge in [0.1, 0.15) is 5.82 Å². The number of halogens is 2. The molecule has 0 unspecified atom stereocenters. The largest absolute Gasteiger partial charge is 0.316 e. The highest BCUT2D eigenvalue weighted by Gasteiger charge is 2.14. The summed E-state index contributed by atoms with van der Waals surface area (Å²) >= 11 is 3.21. The molecule has 0 bridgehead atoms. The van der Waals surface area contributed by atoms with Crippen molar-refractivity contribution in [3.05, 3.63) is 34.2 Å². The third-order valence-electron chi connectivity index (χ3n) is 3.32. The Morgan fingerprint density at radius 1 is 1.45 bits per heavy atom. The van der Waals surface area contributed by atoms with Gasteiger partial charge < -0.3 is 4.90 Å². The summed E-state index contributed by atoms with van der Waals surface area (Å²) in [6.07, 6.45) is 5.29. The first-order valence-electron chi connectivity index (χ1n) is 6.53. The molecule has 0 aliphatic carbocycles. The van der Waals surface area contributed by atoms with Crippen molar-refractivity contribution in [1.29, 1.82) is 0 Å². The van der Waals surface area contributed by atoms with E-state index in [-0.39, 0.29) is 5.82 Å². The Morgan fingerprint density at radius 2 is 2.20 bits per heavy atom. The van der Waals surface area contributed by atoms with Crippen molar-refractivity contribution in [3.63, 3.8) is 0 Å². The molecule has 0 fully saturated rings. The van der Waals surface area contributed by atoms with Gasteiger partial charge in [0.25, 0.3) is 0 Å². The number of nitrogens with zero attached hydrogens (tertiary/aromatic N) is 2. The Morgan fingerprint density at radius 3 is 2.85 bits per heavy atom. The molecule has 1 aromatic heterocycles. The van der Waals surface area contributed by atoms with Crippen molar-refractivity contribution in [2.24, 2.45) is 0 Å². The molecule has 1 amide bonds. The second-order valence-corrected chi connectivity index (χ2v) is 5.58. The van der Waals surface area contributed by atoms with Crippen LogP contribution in [0.25, 0.3) is 10.9 Å². The second-order valence-electron chi connectivity index (χ2n) is 4.73. The van der Waals surface area contributed by atoms with Crippen molar-refractivity contribution in [1.82, 2.24) is 4.98 Å². The lowest BCUT2D eigenvalue weighted by Crippen LogP contribution is -2.16. The lowest BCUT2D eigenvalue weighted by molar-refractivity contribution is -0.107. The van der Waals surface area contributed by atoms with Gasteiger partial charge in [0.15, 0.2) is 0 Å². The first-order valence-corrected chi connectivity index (χ1v) is 7.32. The number of anilines is 1. The highest BCUT2D eigenvalue weighted by atomic mass is 79.9. The van der Waals surface area contributed by atoms with Crippen molar-refractivity contribution in [3.8, 4) is 0 Å². The van der Waals surface area contributed by atoms with Crippen molar-refractivity contribution in [2.45, 2.75) is 26.2 Å². The molecule has 20 heavy (non-hydrogen) atoms. The van der Waals surface area contributed by atoms with Crippen LogP contribution in [0.15, 0.2) is 22.8 Å². The third kappa shape index (κ3) is 2.82. The Kier molecular flexibility index (Phi) is 4.70. The normalized spacial score (nSPS) is 10.8. The standard InChI is InChI=1S/C15H16BrFN2O/c1-3-4-5-10-11-6-12(16)13(17)7-14(11)18-8-15(10)19(2)9-20/h6-9H,3-5H2,1-2H3. The minimum atomic E-state index is -0.331. The lowest BCUT2D eigenvalue weighted by atomic mass is 10.0. The van der Waals surface area contributed by atoms with E-state index in [9.17, 15) is 9.18 Å². The maximum Gasteiger partial charge on any atom is 0.213 e. The van der Waals surface area contributed by atoms with Gasteiger partial charge in [0, 0.05) is 18.5 Å². The highest BCUT2D eigenvalue weighted by molar-refractivity contribution is 9.10. The molecule has 0 atom stereocenters. The quantitative estimate of drug-likeness (QED) is 0.770. The molecule has 0 saturated heterocycles. The monoisotopic (exact) mass is 338 g/mol. The predicted molar refractivity (Wildman–Crippen MR) is 82.5 cm³/mol. The van der Waals surface area contributed by atoms with Crippen molar-refractivity contribution in [2.75, 3.05) is 11.9 Å². The number of unbranched alkanes of at least 4 members (excludes halogenated alkanes) is 1. The summed E-state index contributed by atoms with van der Waals surface area (Å²) < 4.78 is 14.0. The first-order chi connectivity index (χ1) is 9.58. The van der Waals surface area contributed by atoms with E-state index in [4.69, 9.17) is 0 Å². The number of aromatic nitrogens is 1. The zero-order chi connectivity index (χ0) is 14.7. The fourth-order valence-electron chi connectivity index (χ4n) is 2.21. The molecule has 2 rings (SSSR count). The molecule has 0 radical (unpaired) electrons. The molecule has 5 heteroatoms. The number of benzene rings is 1. The molecular weight excluding hydrogens is 323 g/mol. The fraction of sp³-hybridized carbons (Fsp3) is 0.333. The summed E-state index contributed by atoms with van der Waals surface area (Å²) in [6, 6.07) is 3.16. The molecule has 0 aliphatic rings. The van der Waals surface area contributed by atoms with Crippen LogP contribution in [-0.2, 0) is 11.2 Å². The molecule has 1 heterocycles. The average molecular weight is 339 g/mol. The number of aryl methyl sites for hydroxylation is 1. The molecule has 106 valence electrons. The van der Waals surface area contributed by atoms with E-state index in [2.05, 4.69) is 27.8 Å². The van der Waals surface area contributed by atoms with Gasteiger partial charge in [0.05, 0.1) is 21.9 Å². The Bertz CT molecular complexity index is 645. The van der Waals surface area contributed by atoms with Crippen LogP contribution in [0.1, 0.15) is 25.3 Å². The Labute approximate surface area is 125 Å². The van der Waals surface area contributed by atoms with E-state index in [0.717, 1.165) is 42.3 Å². The van der Waals surface area contributed by atoms with Gasteiger partial charge in [-0.1, -0.05) is 13.3 Å². The van der Waals surface area contributed by atoms with E-state index >= 15 is 0 Å². The fourth-order valence-corrected chi connectivity index (χ4v) is 2.55. The third-order valence-corrected chi connectivity index (χ3v) is 3.92. The van der Waals surface area contributed by atoms with Gasteiger partial charge in [-0.15, -0.1) is 0 Å². The molecule has 0 N–H and O–H groups in total. The van der Waals surface area contributed by atoms with Crippen LogP contribution < -0.4 is 4.90 Å². The molecule has 3 nitrogen and oxygen atoms in total. The minimum Gasteiger partial charge on any atom is -0.316 e. The zero-order valence-corrected chi connectivity index (χ0v) is 13.1. The van der Waals surface area contributed by atoms with Crippen LogP contribution >= 0.6 is 15.9 Å². The van der Waals surface area contributed by atoms with E-state index in [1.165, 1.54) is 11.0 Å². The number of fused-ring (bicyclic) bond motifs is 1. The van der Waals surface area contributed by atoms with Crippen LogP contribution in [0.2, 0.25) is 0 Å². The van der Waals surface area contributed by atoms with Crippen LogP contribution in [0.5, 0.6) is 0 Å². The van der Waals surface area contributed by atoms with Crippen LogP contribution in [-0.4, -0.2) is 18.4 Å². The van der Waals surface area contributed by atoms with Crippen LogP contribution in [0.4, 0.5) is 10.1 Å². The summed E-state index contributed by atoms with van der Waals surface area (Å²) in [7, 11) is 1.70. The van der Waals surface area contributed by atoms with Crippen LogP contribution in [0, 0.1) is 5.82 Å². The number of rotatable bonds is 5. The molecular formula is C15H16BrFN2O. The summed E-state index contributed by atoms with van der Waals surface area (Å²) in [5.74, 6) is -0.331. The highest BCUT2D eigenvalue weighted by Crippen LogP contribution is 2.31. The molecule has 0 aliphatic heterocycles. The van der Waals surface area contributed by atoms with Gasteiger partial charge >= 0.3 is 0 Å². The molecule has 0 spiro atoms. The second kappa shape index (κ2) is 6.31. The maximum atomic E-state index is 13.6. The number of carbonyl (C=O) groups excluding carboxylic acids is 1. The van der Waals surface area contributed by atoms with E-state index in [0.29, 0.717) is 9.99 Å². The van der Waals surface area contributed by atoms with E-state index in [1.807, 2.05) is 0 Å². The van der Waals surface area contributed by atoms with Gasteiger partial charge in [-0.3, -0.25) is 9.78 Å². The Hall–Kier alpha value is -1.49. The summed E-state index contributed by atoms with van der Waals surface area (Å²) in [4.78, 5) is 16.8. The van der Waals surface area contributed by atoms with Crippen molar-refractivity contribution < 1.29 is 9.18 Å². The van der Waals surface area contributed by atoms with Gasteiger partial charge in [-0.25, -0.2) is 4.39 Å². The smallest absolute Gasteiger partial charge is 0.213 e. The van der Waals surface area contributed by atoms with Gasteiger partial charge in [0.2, 0.25) is 6.41 Å². The number of hydrogen-bond donors (Lipinski definition) is 0. The summed E-state index contributed by atoms with van der Waals surface area (Å²) in [6.45, 7) is 2.11. The van der Waals surface area contributed by atoms with Gasteiger partial charge in [-0.2, -0.15) is 0 Å². The molecule has 0 saturated carbocycles. The summed E-state index contributed by atoms with van der Waals surface area (Å²) in [5.41, 5.74) is 2.42.